The lowest BCUT2D eigenvalue weighted by Gasteiger charge is -2.13. The molecule has 4 heteroatoms. The van der Waals surface area contributed by atoms with Crippen molar-refractivity contribution >= 4 is 11.5 Å². The van der Waals surface area contributed by atoms with Crippen LogP contribution in [-0.4, -0.2) is 11.1 Å². The van der Waals surface area contributed by atoms with E-state index in [1.54, 1.807) is 0 Å². The fraction of sp³-hybridized carbons (Fsp3) is 0.312. The molecule has 0 fully saturated rings. The topological polar surface area (TPSA) is 60.2 Å². The number of aryl methyl sites for hydroxylation is 1. The van der Waals surface area contributed by atoms with Crippen LogP contribution >= 0.6 is 0 Å². The second-order valence-corrected chi connectivity index (χ2v) is 5.10. The fourth-order valence-corrected chi connectivity index (χ4v) is 1.77. The Morgan fingerprint density at radius 2 is 1.85 bits per heavy atom. The largest absolute Gasteiger partial charge is 0.473 e. The van der Waals surface area contributed by atoms with Gasteiger partial charge in [-0.05, 0) is 38.5 Å². The highest BCUT2D eigenvalue weighted by molar-refractivity contribution is 5.53. The number of hydrogen-bond donors (Lipinski definition) is 2. The monoisotopic (exact) mass is 271 g/mol. The Balaban J connectivity index is 2.04. The molecule has 1 aromatic heterocycles. The van der Waals surface area contributed by atoms with Crippen molar-refractivity contribution in [2.24, 2.45) is 0 Å². The molecule has 2 aromatic rings. The maximum absolute atomic E-state index is 5.85. The van der Waals surface area contributed by atoms with Crippen LogP contribution in [0, 0.1) is 6.92 Å². The zero-order chi connectivity index (χ0) is 14.5. The molecule has 0 aliphatic carbocycles. The third kappa shape index (κ3) is 3.88. The number of benzene rings is 1. The number of ether oxygens (including phenoxy) is 1. The molecular weight excluding hydrogens is 250 g/mol. The first-order valence-corrected chi connectivity index (χ1v) is 6.77. The van der Waals surface area contributed by atoms with Crippen LogP contribution in [0.1, 0.15) is 25.0 Å². The summed E-state index contributed by atoms with van der Waals surface area (Å²) in [7, 11) is 0. The number of nitrogen functional groups attached to an aromatic ring is 1. The summed E-state index contributed by atoms with van der Waals surface area (Å²) in [6, 6.07) is 12.1. The van der Waals surface area contributed by atoms with Crippen LogP contribution in [0.15, 0.2) is 36.4 Å². The van der Waals surface area contributed by atoms with Gasteiger partial charge < -0.3 is 15.8 Å². The van der Waals surface area contributed by atoms with E-state index in [4.69, 9.17) is 10.5 Å². The standard InChI is InChI=1S/C16H21N3O/c1-11(2)20-16-14(17)8-9-15(19-16)18-10-13-6-4-12(3)5-7-13/h4-9,11H,10,17H2,1-3H3,(H,18,19). The molecule has 0 radical (unpaired) electrons. The average molecular weight is 271 g/mol. The van der Waals surface area contributed by atoms with Gasteiger partial charge in [0, 0.05) is 6.54 Å². The van der Waals surface area contributed by atoms with Gasteiger partial charge in [-0.1, -0.05) is 29.8 Å². The highest BCUT2D eigenvalue weighted by atomic mass is 16.5. The molecule has 0 aliphatic rings. The zero-order valence-corrected chi connectivity index (χ0v) is 12.2. The van der Waals surface area contributed by atoms with E-state index < -0.39 is 0 Å². The van der Waals surface area contributed by atoms with E-state index in [0.717, 1.165) is 12.4 Å². The van der Waals surface area contributed by atoms with Gasteiger partial charge in [0.05, 0.1) is 11.8 Å². The fourth-order valence-electron chi connectivity index (χ4n) is 1.77. The lowest BCUT2D eigenvalue weighted by Crippen LogP contribution is -2.10. The smallest absolute Gasteiger partial charge is 0.239 e. The third-order valence-electron chi connectivity index (χ3n) is 2.83. The Labute approximate surface area is 120 Å². The van der Waals surface area contributed by atoms with Gasteiger partial charge in [0.15, 0.2) is 0 Å². The van der Waals surface area contributed by atoms with E-state index in [0.29, 0.717) is 11.6 Å². The van der Waals surface area contributed by atoms with Crippen LogP contribution in [0.5, 0.6) is 5.88 Å². The van der Waals surface area contributed by atoms with Gasteiger partial charge in [0.2, 0.25) is 5.88 Å². The van der Waals surface area contributed by atoms with E-state index in [2.05, 4.69) is 41.5 Å². The molecule has 2 rings (SSSR count). The lowest BCUT2D eigenvalue weighted by molar-refractivity contribution is 0.234. The van der Waals surface area contributed by atoms with Crippen molar-refractivity contribution in [3.8, 4) is 5.88 Å². The number of rotatable bonds is 5. The minimum atomic E-state index is 0.0529. The van der Waals surface area contributed by atoms with Crippen molar-refractivity contribution in [3.63, 3.8) is 0 Å². The van der Waals surface area contributed by atoms with Crippen molar-refractivity contribution in [1.82, 2.24) is 4.98 Å². The van der Waals surface area contributed by atoms with Gasteiger partial charge in [-0.2, -0.15) is 4.98 Å². The maximum Gasteiger partial charge on any atom is 0.239 e. The summed E-state index contributed by atoms with van der Waals surface area (Å²) in [6.07, 6.45) is 0.0529. The van der Waals surface area contributed by atoms with Gasteiger partial charge in [-0.15, -0.1) is 0 Å². The van der Waals surface area contributed by atoms with Gasteiger partial charge in [0.25, 0.3) is 0 Å². The Bertz CT molecular complexity index is 564. The SMILES string of the molecule is Cc1ccc(CNc2ccc(N)c(OC(C)C)n2)cc1. The van der Waals surface area contributed by atoms with Crippen LogP contribution in [-0.2, 0) is 6.54 Å². The molecule has 106 valence electrons. The lowest BCUT2D eigenvalue weighted by atomic mass is 10.1. The van der Waals surface area contributed by atoms with E-state index in [-0.39, 0.29) is 6.10 Å². The van der Waals surface area contributed by atoms with Crippen molar-refractivity contribution in [2.45, 2.75) is 33.4 Å². The second kappa shape index (κ2) is 6.28. The molecule has 0 saturated carbocycles. The number of nitrogens with two attached hydrogens (primary N) is 1. The summed E-state index contributed by atoms with van der Waals surface area (Å²) >= 11 is 0. The van der Waals surface area contributed by atoms with Gasteiger partial charge in [-0.25, -0.2) is 0 Å². The number of anilines is 2. The summed E-state index contributed by atoms with van der Waals surface area (Å²) < 4.78 is 5.58. The van der Waals surface area contributed by atoms with Crippen LogP contribution in [0.25, 0.3) is 0 Å². The molecule has 4 nitrogen and oxygen atoms in total. The molecule has 3 N–H and O–H groups in total. The molecule has 0 bridgehead atoms. The first kappa shape index (κ1) is 14.2. The molecule has 1 heterocycles. The van der Waals surface area contributed by atoms with E-state index in [1.165, 1.54) is 11.1 Å². The molecule has 0 unspecified atom stereocenters. The van der Waals surface area contributed by atoms with Crippen molar-refractivity contribution in [1.29, 1.82) is 0 Å². The first-order chi connectivity index (χ1) is 9.54. The Morgan fingerprint density at radius 3 is 2.50 bits per heavy atom. The predicted octanol–water partition coefficient (Wildman–Crippen LogP) is 3.37. The molecule has 0 spiro atoms. The number of nitrogens with one attached hydrogen (secondary N) is 1. The van der Waals surface area contributed by atoms with Crippen LogP contribution in [0.2, 0.25) is 0 Å². The molecular formula is C16H21N3O. The molecule has 0 saturated heterocycles. The molecule has 1 aromatic carbocycles. The highest BCUT2D eigenvalue weighted by Crippen LogP contribution is 2.22. The van der Waals surface area contributed by atoms with Crippen LogP contribution < -0.4 is 15.8 Å². The molecule has 0 amide bonds. The first-order valence-electron chi connectivity index (χ1n) is 6.77. The van der Waals surface area contributed by atoms with E-state index >= 15 is 0 Å². The summed E-state index contributed by atoms with van der Waals surface area (Å²) in [5, 5.41) is 3.27. The van der Waals surface area contributed by atoms with Crippen LogP contribution in [0.4, 0.5) is 11.5 Å². The summed E-state index contributed by atoms with van der Waals surface area (Å²) in [5.74, 6) is 1.24. The van der Waals surface area contributed by atoms with Gasteiger partial charge >= 0.3 is 0 Å². The minimum absolute atomic E-state index is 0.0529. The third-order valence-corrected chi connectivity index (χ3v) is 2.83. The zero-order valence-electron chi connectivity index (χ0n) is 12.2. The molecule has 0 aliphatic heterocycles. The predicted molar refractivity (Wildman–Crippen MR) is 82.9 cm³/mol. The van der Waals surface area contributed by atoms with Crippen molar-refractivity contribution in [2.75, 3.05) is 11.1 Å². The quantitative estimate of drug-likeness (QED) is 0.875. The van der Waals surface area contributed by atoms with E-state index in [1.807, 2.05) is 26.0 Å². The molecule has 20 heavy (non-hydrogen) atoms. The summed E-state index contributed by atoms with van der Waals surface area (Å²) in [4.78, 5) is 4.39. The number of nitrogens with zero attached hydrogens (tertiary/aromatic N) is 1. The summed E-state index contributed by atoms with van der Waals surface area (Å²) in [6.45, 7) is 6.70. The van der Waals surface area contributed by atoms with Crippen molar-refractivity contribution < 1.29 is 4.74 Å². The number of hydrogen-bond acceptors (Lipinski definition) is 4. The highest BCUT2D eigenvalue weighted by Gasteiger charge is 2.06. The number of aromatic nitrogens is 1. The normalized spacial score (nSPS) is 10.6. The second-order valence-electron chi connectivity index (χ2n) is 5.10. The average Bonchev–Trinajstić information content (AvgIpc) is 2.41. The van der Waals surface area contributed by atoms with Crippen molar-refractivity contribution in [3.05, 3.63) is 47.5 Å². The molecule has 0 atom stereocenters. The van der Waals surface area contributed by atoms with Crippen LogP contribution in [0.3, 0.4) is 0 Å². The number of pyridine rings is 1. The maximum atomic E-state index is 5.85. The minimum Gasteiger partial charge on any atom is -0.473 e. The Kier molecular flexibility index (Phi) is 4.45. The van der Waals surface area contributed by atoms with E-state index in [9.17, 15) is 0 Å². The van der Waals surface area contributed by atoms with Gasteiger partial charge in [0.1, 0.15) is 5.82 Å². The van der Waals surface area contributed by atoms with Gasteiger partial charge in [-0.3, -0.25) is 0 Å². The Hall–Kier alpha value is -2.23. The summed E-state index contributed by atoms with van der Waals surface area (Å²) in [5.41, 5.74) is 8.87. The Morgan fingerprint density at radius 1 is 1.15 bits per heavy atom.